The molecule has 280 valence electrons. The number of carbonyl (C=O) groups is 5. The van der Waals surface area contributed by atoms with Crippen LogP contribution in [-0.2, 0) is 41.8 Å². The Kier molecular flexibility index (Phi) is 13.7. The molecule has 0 spiro atoms. The lowest BCUT2D eigenvalue weighted by atomic mass is 9.93. The Morgan fingerprint density at radius 1 is 0.904 bits per heavy atom. The minimum atomic E-state index is -1.04. The van der Waals surface area contributed by atoms with Gasteiger partial charge in [-0.15, -0.1) is 0 Å². The summed E-state index contributed by atoms with van der Waals surface area (Å²) in [5.74, 6) is -2.06. The zero-order valence-corrected chi connectivity index (χ0v) is 30.4. The molecule has 2 fully saturated rings. The molecule has 2 aromatic carbocycles. The number of aromatic nitrogens is 1. The van der Waals surface area contributed by atoms with E-state index in [1.807, 2.05) is 68.4 Å². The molecule has 5 atom stereocenters. The van der Waals surface area contributed by atoms with Gasteiger partial charge in [0.05, 0.1) is 12.1 Å². The normalized spacial score (nSPS) is 21.9. The van der Waals surface area contributed by atoms with Crippen molar-refractivity contribution < 1.29 is 33.6 Å². The van der Waals surface area contributed by atoms with Gasteiger partial charge in [-0.3, -0.25) is 28.8 Å². The Hall–Kier alpha value is -4.91. The molecule has 52 heavy (non-hydrogen) atoms. The van der Waals surface area contributed by atoms with Crippen molar-refractivity contribution in [3.8, 4) is 0 Å². The van der Waals surface area contributed by atoms with E-state index in [9.17, 15) is 24.0 Å². The smallest absolute Gasteiger partial charge is 0.246 e. The highest BCUT2D eigenvalue weighted by molar-refractivity contribution is 5.98. The van der Waals surface area contributed by atoms with Gasteiger partial charge in [0, 0.05) is 31.0 Å². The van der Waals surface area contributed by atoms with E-state index in [1.54, 1.807) is 22.9 Å². The van der Waals surface area contributed by atoms with Gasteiger partial charge in [0.15, 0.2) is 0 Å². The number of piperidine rings is 1. The third-order valence-corrected chi connectivity index (χ3v) is 10.2. The second kappa shape index (κ2) is 18.5. The maximum atomic E-state index is 14.1. The van der Waals surface area contributed by atoms with Crippen LogP contribution in [0.5, 0.6) is 0 Å². The summed E-state index contributed by atoms with van der Waals surface area (Å²) in [5.41, 5.74) is 5.00. The number of hydroxylamine groups is 1. The van der Waals surface area contributed by atoms with Gasteiger partial charge in [-0.1, -0.05) is 81.6 Å². The molecule has 13 nitrogen and oxygen atoms in total. The third-order valence-electron chi connectivity index (χ3n) is 10.2. The highest BCUT2D eigenvalue weighted by Gasteiger charge is 2.41. The van der Waals surface area contributed by atoms with Crippen LogP contribution < -0.4 is 26.3 Å². The second-order valence-corrected chi connectivity index (χ2v) is 13.8. The van der Waals surface area contributed by atoms with Crippen molar-refractivity contribution in [1.29, 1.82) is 0 Å². The van der Waals surface area contributed by atoms with Crippen molar-refractivity contribution in [3.05, 3.63) is 71.9 Å². The molecular formula is C39H52N6O7. The van der Waals surface area contributed by atoms with Gasteiger partial charge in [0.25, 0.3) is 0 Å². The minimum absolute atomic E-state index is 0.129. The summed E-state index contributed by atoms with van der Waals surface area (Å²) in [4.78, 5) is 81.0. The van der Waals surface area contributed by atoms with Crippen molar-refractivity contribution in [2.75, 3.05) is 13.7 Å². The Bertz CT molecular complexity index is 1690. The molecule has 0 radical (unpaired) electrons. The molecule has 1 aromatic heterocycles. The first kappa shape index (κ1) is 38.3. The van der Waals surface area contributed by atoms with E-state index in [-0.39, 0.29) is 49.5 Å². The largest absolute Gasteiger partial charge is 0.417 e. The summed E-state index contributed by atoms with van der Waals surface area (Å²) in [5, 5.41) is 9.73. The van der Waals surface area contributed by atoms with Gasteiger partial charge in [0.1, 0.15) is 31.3 Å². The summed E-state index contributed by atoms with van der Waals surface area (Å²) < 4.78 is 1.61. The number of para-hydroxylation sites is 1. The summed E-state index contributed by atoms with van der Waals surface area (Å²) in [6, 6.07) is 13.5. The van der Waals surface area contributed by atoms with E-state index in [0.29, 0.717) is 38.6 Å². The number of rotatable bonds is 14. The van der Waals surface area contributed by atoms with Gasteiger partial charge in [0.2, 0.25) is 29.5 Å². The maximum Gasteiger partial charge on any atom is 0.246 e. The van der Waals surface area contributed by atoms with E-state index in [0.717, 1.165) is 34.9 Å². The van der Waals surface area contributed by atoms with Crippen LogP contribution in [0.3, 0.4) is 0 Å². The first-order chi connectivity index (χ1) is 25.2. The molecule has 1 unspecified atom stereocenters. The summed E-state index contributed by atoms with van der Waals surface area (Å²) in [7, 11) is 1.55. The number of hydrogen-bond donors (Lipinski definition) is 4. The molecular weight excluding hydrogens is 664 g/mol. The molecule has 5 rings (SSSR count). The van der Waals surface area contributed by atoms with Gasteiger partial charge in [-0.2, -0.15) is 4.73 Å². The lowest BCUT2D eigenvalue weighted by molar-refractivity contribution is -0.147. The van der Waals surface area contributed by atoms with E-state index in [4.69, 9.17) is 9.68 Å². The van der Waals surface area contributed by atoms with Gasteiger partial charge >= 0.3 is 0 Å². The second-order valence-electron chi connectivity index (χ2n) is 13.8. The molecule has 2 saturated heterocycles. The van der Waals surface area contributed by atoms with Gasteiger partial charge in [-0.05, 0) is 55.2 Å². The lowest BCUT2D eigenvalue weighted by Gasteiger charge is -2.39. The van der Waals surface area contributed by atoms with Crippen molar-refractivity contribution >= 4 is 40.4 Å². The predicted octanol–water partition coefficient (Wildman–Crippen LogP) is 3.34. The Labute approximate surface area is 305 Å². The van der Waals surface area contributed by atoms with Crippen molar-refractivity contribution in [1.82, 2.24) is 31.1 Å². The third kappa shape index (κ3) is 9.69. The molecule has 13 heteroatoms. The lowest BCUT2D eigenvalue weighted by Crippen LogP contribution is -2.64. The summed E-state index contributed by atoms with van der Waals surface area (Å²) in [6.45, 7) is 4.52. The highest BCUT2D eigenvalue weighted by atomic mass is 16.7. The minimum Gasteiger partial charge on any atom is -0.417 e. The summed E-state index contributed by atoms with van der Waals surface area (Å²) in [6.07, 6.45) is 6.79. The van der Waals surface area contributed by atoms with Crippen LogP contribution in [0.1, 0.15) is 82.8 Å². The molecule has 4 N–H and O–H groups in total. The number of benzene rings is 2. The Morgan fingerprint density at radius 2 is 1.63 bits per heavy atom. The van der Waals surface area contributed by atoms with Crippen LogP contribution in [0.4, 0.5) is 0 Å². The van der Waals surface area contributed by atoms with Crippen LogP contribution in [0.15, 0.2) is 60.8 Å². The molecule has 2 aliphatic rings. The van der Waals surface area contributed by atoms with Crippen LogP contribution in [-0.4, -0.2) is 77.0 Å². The van der Waals surface area contributed by atoms with Crippen LogP contribution >= 0.6 is 0 Å². The Balaban J connectivity index is 1.31. The zero-order valence-electron chi connectivity index (χ0n) is 30.4. The molecule has 3 aromatic rings. The van der Waals surface area contributed by atoms with Gasteiger partial charge < -0.3 is 25.7 Å². The SMILES string of the molecule is CCC(C)[C@H]1NC(=O)[C@@H](Cc2cn(OC)c3ccccc23)NC(=O)[C@@H](CCCCCC(=O)NOCc2ccccc2)NC(=O)[C@H]2CCCCN2C1=O. The van der Waals surface area contributed by atoms with Crippen LogP contribution in [0, 0.1) is 5.92 Å². The average Bonchev–Trinajstić information content (AvgIpc) is 3.52. The molecule has 0 bridgehead atoms. The number of nitrogens with zero attached hydrogens (tertiary/aromatic N) is 2. The van der Waals surface area contributed by atoms with E-state index in [1.165, 1.54) is 0 Å². The standard InChI is InChI=1S/C39H52N6O7/c1-4-26(2)35-39(50)44-22-14-13-20-33(44)38(49)40-30(18-9-6-10-21-34(46)43-52-25-27-15-7-5-8-16-27)36(47)41-31(37(48)42-35)23-28-24-45(51-3)32-19-12-11-17-29(28)32/h5,7-8,11-12,15-17,19,24,26,30-31,33,35H,4,6,9-10,13-14,18,20-23,25H2,1-3H3,(H,40,49)(H,41,47)(H,42,48)(H,43,46)/t26?,30-,31-,33-,35-/m1/s1. The number of amides is 5. The van der Waals surface area contributed by atoms with Crippen LogP contribution in [0.25, 0.3) is 10.9 Å². The maximum absolute atomic E-state index is 14.1. The number of carbonyl (C=O) groups excluding carboxylic acids is 5. The summed E-state index contributed by atoms with van der Waals surface area (Å²) >= 11 is 0. The molecule has 0 saturated carbocycles. The van der Waals surface area contributed by atoms with Crippen molar-refractivity contribution in [2.45, 2.75) is 109 Å². The molecule has 0 aliphatic carbocycles. The fourth-order valence-electron chi connectivity index (χ4n) is 6.99. The monoisotopic (exact) mass is 716 g/mol. The first-order valence-corrected chi connectivity index (χ1v) is 18.5. The topological polar surface area (TPSA) is 160 Å². The molecule has 5 amide bonds. The number of nitrogens with one attached hydrogen (secondary N) is 4. The van der Waals surface area contributed by atoms with Crippen LogP contribution in [0.2, 0.25) is 0 Å². The molecule has 2 aliphatic heterocycles. The van der Waals surface area contributed by atoms with Crippen molar-refractivity contribution in [3.63, 3.8) is 0 Å². The fourth-order valence-corrected chi connectivity index (χ4v) is 6.99. The number of fused-ring (bicyclic) bond motifs is 2. The average molecular weight is 717 g/mol. The van der Waals surface area contributed by atoms with Crippen molar-refractivity contribution in [2.24, 2.45) is 5.92 Å². The zero-order chi connectivity index (χ0) is 37.0. The number of hydrogen-bond acceptors (Lipinski definition) is 7. The van der Waals surface area contributed by atoms with E-state index in [2.05, 4.69) is 21.4 Å². The fraction of sp³-hybridized carbons (Fsp3) is 0.513. The van der Waals surface area contributed by atoms with Gasteiger partial charge in [-0.25, -0.2) is 5.48 Å². The quantitative estimate of drug-likeness (QED) is 0.147. The van der Waals surface area contributed by atoms with E-state index >= 15 is 0 Å². The first-order valence-electron chi connectivity index (χ1n) is 18.5. The predicted molar refractivity (Wildman–Crippen MR) is 195 cm³/mol. The van der Waals surface area contributed by atoms with E-state index < -0.39 is 36.0 Å². The highest BCUT2D eigenvalue weighted by Crippen LogP contribution is 2.24. The molecule has 3 heterocycles. The number of unbranched alkanes of at least 4 members (excludes halogenated alkanes) is 2. The Morgan fingerprint density at radius 3 is 2.40 bits per heavy atom.